The first-order valence-electron chi connectivity index (χ1n) is 13.2. The van der Waals surface area contributed by atoms with Crippen LogP contribution in [0.3, 0.4) is 0 Å². The fourth-order valence-corrected chi connectivity index (χ4v) is 4.78. The van der Waals surface area contributed by atoms with Crippen LogP contribution >= 0.6 is 0 Å². The molecule has 0 aliphatic carbocycles. The van der Waals surface area contributed by atoms with Gasteiger partial charge in [-0.1, -0.05) is 69.9 Å². The number of aromatic amines is 1. The van der Waals surface area contributed by atoms with Crippen LogP contribution in [0.5, 0.6) is 0 Å². The SMILES string of the molecule is CC(C)CC(=O)N1CCCCCCCCN(C(=O)c2ccc(-c3ncn[nH]3)cc2)Cc2ccccc21. The van der Waals surface area contributed by atoms with Crippen molar-refractivity contribution in [3.05, 3.63) is 66.0 Å². The summed E-state index contributed by atoms with van der Waals surface area (Å²) in [5.41, 5.74) is 3.48. The Bertz CT molecular complexity index is 1120. The van der Waals surface area contributed by atoms with E-state index in [1.807, 2.05) is 52.3 Å². The zero-order chi connectivity index (χ0) is 25.3. The van der Waals surface area contributed by atoms with Crippen LogP contribution < -0.4 is 4.90 Å². The van der Waals surface area contributed by atoms with Crippen LogP contribution in [0, 0.1) is 5.92 Å². The quantitative estimate of drug-likeness (QED) is 0.501. The van der Waals surface area contributed by atoms with Gasteiger partial charge in [0.25, 0.3) is 5.91 Å². The van der Waals surface area contributed by atoms with E-state index < -0.39 is 0 Å². The number of benzene rings is 2. The number of fused-ring (bicyclic) bond motifs is 1. The Hall–Kier alpha value is -3.48. The summed E-state index contributed by atoms with van der Waals surface area (Å²) in [6, 6.07) is 15.6. The molecule has 190 valence electrons. The third-order valence-electron chi connectivity index (χ3n) is 6.69. The Morgan fingerprint density at radius 1 is 0.917 bits per heavy atom. The number of nitrogens with zero attached hydrogens (tertiary/aromatic N) is 4. The summed E-state index contributed by atoms with van der Waals surface area (Å²) in [6.07, 6.45) is 8.50. The number of hydrogen-bond donors (Lipinski definition) is 1. The maximum atomic E-state index is 13.7. The summed E-state index contributed by atoms with van der Waals surface area (Å²) in [7, 11) is 0. The van der Waals surface area contributed by atoms with Crippen molar-refractivity contribution in [1.29, 1.82) is 0 Å². The van der Waals surface area contributed by atoms with Crippen molar-refractivity contribution in [2.24, 2.45) is 5.92 Å². The van der Waals surface area contributed by atoms with Crippen LogP contribution in [0.1, 0.15) is 74.7 Å². The lowest BCUT2D eigenvalue weighted by Crippen LogP contribution is -2.35. The molecule has 0 saturated carbocycles. The molecule has 1 N–H and O–H groups in total. The minimum atomic E-state index is 0.00357. The highest BCUT2D eigenvalue weighted by Gasteiger charge is 2.23. The zero-order valence-corrected chi connectivity index (χ0v) is 21.4. The van der Waals surface area contributed by atoms with E-state index in [1.165, 1.54) is 6.33 Å². The molecule has 0 fully saturated rings. The van der Waals surface area contributed by atoms with Gasteiger partial charge in [0.1, 0.15) is 6.33 Å². The van der Waals surface area contributed by atoms with Gasteiger partial charge in [0.2, 0.25) is 5.91 Å². The van der Waals surface area contributed by atoms with Crippen molar-refractivity contribution >= 4 is 17.5 Å². The second-order valence-electron chi connectivity index (χ2n) is 10.0. The lowest BCUT2D eigenvalue weighted by atomic mass is 10.1. The summed E-state index contributed by atoms with van der Waals surface area (Å²) < 4.78 is 0. The maximum absolute atomic E-state index is 13.7. The van der Waals surface area contributed by atoms with Crippen molar-refractivity contribution in [3.63, 3.8) is 0 Å². The first-order chi connectivity index (χ1) is 17.5. The average Bonchev–Trinajstić information content (AvgIpc) is 3.42. The van der Waals surface area contributed by atoms with Crippen LogP contribution in [-0.4, -0.2) is 45.0 Å². The first kappa shape index (κ1) is 25.6. The number of aromatic nitrogens is 3. The van der Waals surface area contributed by atoms with E-state index in [2.05, 4.69) is 35.1 Å². The number of nitrogens with one attached hydrogen (secondary N) is 1. The molecule has 0 bridgehead atoms. The Morgan fingerprint density at radius 2 is 1.61 bits per heavy atom. The minimum absolute atomic E-state index is 0.00357. The Morgan fingerprint density at radius 3 is 2.31 bits per heavy atom. The number of H-pyrrole nitrogens is 1. The summed E-state index contributed by atoms with van der Waals surface area (Å²) in [5.74, 6) is 1.14. The number of rotatable bonds is 4. The summed E-state index contributed by atoms with van der Waals surface area (Å²) in [6.45, 7) is 6.05. The molecule has 4 rings (SSSR count). The molecule has 0 atom stereocenters. The smallest absolute Gasteiger partial charge is 0.254 e. The van der Waals surface area contributed by atoms with Gasteiger partial charge >= 0.3 is 0 Å². The molecule has 0 spiro atoms. The van der Waals surface area contributed by atoms with E-state index >= 15 is 0 Å². The van der Waals surface area contributed by atoms with Crippen LogP contribution in [0.15, 0.2) is 54.9 Å². The van der Waals surface area contributed by atoms with Crippen molar-refractivity contribution in [2.75, 3.05) is 18.0 Å². The molecule has 1 aliphatic rings. The molecule has 36 heavy (non-hydrogen) atoms. The highest BCUT2D eigenvalue weighted by molar-refractivity contribution is 5.96. The van der Waals surface area contributed by atoms with Crippen molar-refractivity contribution in [2.45, 2.75) is 65.3 Å². The fourth-order valence-electron chi connectivity index (χ4n) is 4.78. The van der Waals surface area contributed by atoms with Gasteiger partial charge in [0, 0.05) is 42.9 Å². The molecule has 7 heteroatoms. The number of hydrogen-bond acceptors (Lipinski definition) is 4. The van der Waals surface area contributed by atoms with Crippen LogP contribution in [0.2, 0.25) is 0 Å². The molecule has 7 nitrogen and oxygen atoms in total. The Labute approximate surface area is 213 Å². The van der Waals surface area contributed by atoms with Gasteiger partial charge in [-0.15, -0.1) is 0 Å². The molecular weight excluding hydrogens is 450 g/mol. The second-order valence-corrected chi connectivity index (χ2v) is 10.0. The predicted octanol–water partition coefficient (Wildman–Crippen LogP) is 5.85. The van der Waals surface area contributed by atoms with Gasteiger partial charge in [-0.05, 0) is 42.5 Å². The second kappa shape index (κ2) is 12.5. The Balaban J connectivity index is 1.61. The van der Waals surface area contributed by atoms with Gasteiger partial charge < -0.3 is 9.80 Å². The van der Waals surface area contributed by atoms with E-state index in [1.54, 1.807) is 0 Å². The summed E-state index contributed by atoms with van der Waals surface area (Å²) in [4.78, 5) is 35.0. The van der Waals surface area contributed by atoms with Gasteiger partial charge in [-0.3, -0.25) is 14.7 Å². The molecule has 1 aliphatic heterocycles. The molecule has 3 aromatic rings. The van der Waals surface area contributed by atoms with Gasteiger partial charge in [0.15, 0.2) is 5.82 Å². The van der Waals surface area contributed by atoms with Crippen LogP contribution in [0.25, 0.3) is 11.4 Å². The topological polar surface area (TPSA) is 82.2 Å². The van der Waals surface area contributed by atoms with Crippen molar-refractivity contribution < 1.29 is 9.59 Å². The highest BCUT2D eigenvalue weighted by Crippen LogP contribution is 2.26. The van der Waals surface area contributed by atoms with Crippen LogP contribution in [0.4, 0.5) is 5.69 Å². The molecule has 2 amide bonds. The number of carbonyl (C=O) groups is 2. The van der Waals surface area contributed by atoms with E-state index in [9.17, 15) is 9.59 Å². The molecule has 1 aromatic heterocycles. The summed E-state index contributed by atoms with van der Waals surface area (Å²) in [5, 5.41) is 6.76. The minimum Gasteiger partial charge on any atom is -0.334 e. The average molecular weight is 488 g/mol. The maximum Gasteiger partial charge on any atom is 0.254 e. The first-order valence-corrected chi connectivity index (χ1v) is 13.2. The molecule has 0 saturated heterocycles. The van der Waals surface area contributed by atoms with Gasteiger partial charge in [-0.2, -0.15) is 5.10 Å². The molecule has 2 heterocycles. The van der Waals surface area contributed by atoms with E-state index in [-0.39, 0.29) is 11.8 Å². The monoisotopic (exact) mass is 487 g/mol. The van der Waals surface area contributed by atoms with Gasteiger partial charge in [0.05, 0.1) is 0 Å². The number of carbonyl (C=O) groups excluding carboxylic acids is 2. The molecular formula is C29H37N5O2. The van der Waals surface area contributed by atoms with Crippen molar-refractivity contribution in [1.82, 2.24) is 20.1 Å². The van der Waals surface area contributed by atoms with Crippen molar-refractivity contribution in [3.8, 4) is 11.4 Å². The largest absolute Gasteiger partial charge is 0.334 e. The van der Waals surface area contributed by atoms with Gasteiger partial charge in [-0.25, -0.2) is 4.98 Å². The Kier molecular flexibility index (Phi) is 8.87. The van der Waals surface area contributed by atoms with Crippen LogP contribution in [-0.2, 0) is 11.3 Å². The van der Waals surface area contributed by atoms with E-state index in [0.717, 1.165) is 61.9 Å². The summed E-state index contributed by atoms with van der Waals surface area (Å²) >= 11 is 0. The third kappa shape index (κ3) is 6.59. The predicted molar refractivity (Wildman–Crippen MR) is 143 cm³/mol. The number of anilines is 1. The van der Waals surface area contributed by atoms with E-state index in [0.29, 0.717) is 36.8 Å². The molecule has 0 radical (unpaired) electrons. The van der Waals surface area contributed by atoms with E-state index in [4.69, 9.17) is 0 Å². The third-order valence-corrected chi connectivity index (χ3v) is 6.69. The lowest BCUT2D eigenvalue weighted by molar-refractivity contribution is -0.119. The number of para-hydroxylation sites is 1. The molecule has 2 aromatic carbocycles. The normalized spacial score (nSPS) is 15.5. The zero-order valence-electron chi connectivity index (χ0n) is 21.4. The molecule has 0 unspecified atom stereocenters. The number of amides is 2. The fraction of sp³-hybridized carbons (Fsp3) is 0.448. The lowest BCUT2D eigenvalue weighted by Gasteiger charge is -2.29. The standard InChI is InChI=1S/C29H37N5O2/c1-22(2)19-27(35)34-18-10-6-4-3-5-9-17-33(20-25-11-7-8-12-26(25)34)29(36)24-15-13-23(14-16-24)28-30-21-31-32-28/h7-8,11-16,21-22H,3-6,9-10,17-20H2,1-2H3,(H,30,31,32). The highest BCUT2D eigenvalue weighted by atomic mass is 16.2.